The summed E-state index contributed by atoms with van der Waals surface area (Å²) < 4.78 is 24.2. The molecule has 0 bridgehead atoms. The standard InChI is InChI=1S/C12H13NO4S2/c14-11(15)9-7-18-12(13-9)5-6-19(16,17)10-4-2-1-3-8(10)12/h1-4,9,13H,5-7H2,(H,14,15)/t9-,12?/m1/s1. The first kappa shape index (κ1) is 13.0. The Hall–Kier alpha value is -1.05. The molecule has 2 atom stereocenters. The highest BCUT2D eigenvalue weighted by atomic mass is 32.2. The minimum atomic E-state index is -3.24. The monoisotopic (exact) mass is 299 g/mol. The zero-order valence-corrected chi connectivity index (χ0v) is 11.6. The molecule has 0 saturated carbocycles. The number of aliphatic carboxylic acids is 1. The number of sulfone groups is 1. The van der Waals surface area contributed by atoms with Gasteiger partial charge in [0, 0.05) is 11.3 Å². The van der Waals surface area contributed by atoms with Crippen LogP contribution in [0.5, 0.6) is 0 Å². The van der Waals surface area contributed by atoms with E-state index in [9.17, 15) is 13.2 Å². The maximum absolute atomic E-state index is 12.1. The molecule has 0 aliphatic carbocycles. The van der Waals surface area contributed by atoms with Crippen LogP contribution in [0, 0.1) is 0 Å². The van der Waals surface area contributed by atoms with E-state index in [2.05, 4.69) is 5.32 Å². The first-order valence-corrected chi connectivity index (χ1v) is 8.55. The van der Waals surface area contributed by atoms with E-state index in [1.54, 1.807) is 24.3 Å². The predicted molar refractivity (Wildman–Crippen MR) is 71.8 cm³/mol. The number of carboxylic acid groups (broad SMARTS) is 1. The highest BCUT2D eigenvalue weighted by molar-refractivity contribution is 8.00. The number of carbonyl (C=O) groups is 1. The molecule has 1 saturated heterocycles. The Bertz CT molecular complexity index is 643. The van der Waals surface area contributed by atoms with Gasteiger partial charge in [0.15, 0.2) is 9.84 Å². The molecule has 2 aliphatic rings. The fourth-order valence-electron chi connectivity index (χ4n) is 2.62. The van der Waals surface area contributed by atoms with Gasteiger partial charge in [0.25, 0.3) is 0 Å². The van der Waals surface area contributed by atoms with Crippen LogP contribution < -0.4 is 5.32 Å². The number of fused-ring (bicyclic) bond motifs is 2. The van der Waals surface area contributed by atoms with Crippen LogP contribution in [0.3, 0.4) is 0 Å². The van der Waals surface area contributed by atoms with Gasteiger partial charge in [-0.2, -0.15) is 0 Å². The summed E-state index contributed by atoms with van der Waals surface area (Å²) in [7, 11) is -3.24. The van der Waals surface area contributed by atoms with Crippen molar-refractivity contribution in [2.45, 2.75) is 22.2 Å². The van der Waals surface area contributed by atoms with E-state index in [1.807, 2.05) is 0 Å². The maximum atomic E-state index is 12.1. The van der Waals surface area contributed by atoms with Gasteiger partial charge >= 0.3 is 5.97 Å². The fraction of sp³-hybridized carbons (Fsp3) is 0.417. The van der Waals surface area contributed by atoms with Gasteiger partial charge in [0.2, 0.25) is 0 Å². The minimum absolute atomic E-state index is 0.0519. The van der Waals surface area contributed by atoms with E-state index in [0.29, 0.717) is 22.6 Å². The lowest BCUT2D eigenvalue weighted by molar-refractivity contribution is -0.138. The first-order chi connectivity index (χ1) is 8.95. The number of rotatable bonds is 1. The predicted octanol–water partition coefficient (Wildman–Crippen LogP) is 0.806. The quantitative estimate of drug-likeness (QED) is 0.798. The van der Waals surface area contributed by atoms with Crippen molar-refractivity contribution in [1.82, 2.24) is 5.32 Å². The van der Waals surface area contributed by atoms with Crippen LogP contribution in [-0.4, -0.2) is 37.0 Å². The molecule has 0 radical (unpaired) electrons. The second-order valence-electron chi connectivity index (χ2n) is 4.74. The number of hydrogen-bond acceptors (Lipinski definition) is 5. The molecule has 1 fully saturated rings. The Balaban J connectivity index is 2.09. The third kappa shape index (κ3) is 1.96. The molecule has 2 heterocycles. The molecule has 2 N–H and O–H groups in total. The average molecular weight is 299 g/mol. The van der Waals surface area contributed by atoms with Crippen LogP contribution in [0.25, 0.3) is 0 Å². The van der Waals surface area contributed by atoms with E-state index in [1.165, 1.54) is 11.8 Å². The molecule has 1 spiro atoms. The number of hydrogen-bond donors (Lipinski definition) is 2. The Morgan fingerprint density at radius 2 is 2.16 bits per heavy atom. The zero-order chi connectivity index (χ0) is 13.7. The van der Waals surface area contributed by atoms with Crippen molar-refractivity contribution in [3.05, 3.63) is 29.8 Å². The summed E-state index contributed by atoms with van der Waals surface area (Å²) >= 11 is 1.49. The third-order valence-electron chi connectivity index (χ3n) is 3.58. The molecule has 0 amide bonds. The zero-order valence-electron chi connectivity index (χ0n) is 10.00. The summed E-state index contributed by atoms with van der Waals surface area (Å²) in [6.07, 6.45) is 0.404. The Morgan fingerprint density at radius 3 is 2.84 bits per heavy atom. The van der Waals surface area contributed by atoms with Gasteiger partial charge in [-0.15, -0.1) is 11.8 Å². The second-order valence-corrected chi connectivity index (χ2v) is 8.13. The molecule has 19 heavy (non-hydrogen) atoms. The Kier molecular flexibility index (Phi) is 2.88. The van der Waals surface area contributed by atoms with Crippen LogP contribution in [0.1, 0.15) is 12.0 Å². The summed E-state index contributed by atoms with van der Waals surface area (Å²) in [5.74, 6) is -0.393. The molecule has 102 valence electrons. The highest BCUT2D eigenvalue weighted by Gasteiger charge is 2.48. The summed E-state index contributed by atoms with van der Waals surface area (Å²) in [5, 5.41) is 12.2. The van der Waals surface area contributed by atoms with Crippen LogP contribution in [-0.2, 0) is 19.5 Å². The maximum Gasteiger partial charge on any atom is 0.321 e. The number of thioether (sulfide) groups is 1. The second kappa shape index (κ2) is 4.22. The smallest absolute Gasteiger partial charge is 0.321 e. The van der Waals surface area contributed by atoms with Gasteiger partial charge in [-0.3, -0.25) is 10.1 Å². The molecule has 3 rings (SSSR count). The van der Waals surface area contributed by atoms with Gasteiger partial charge < -0.3 is 5.11 Å². The summed E-state index contributed by atoms with van der Waals surface area (Å²) in [6.45, 7) is 0. The van der Waals surface area contributed by atoms with Crippen LogP contribution in [0.2, 0.25) is 0 Å². The van der Waals surface area contributed by atoms with Crippen molar-refractivity contribution < 1.29 is 18.3 Å². The van der Waals surface area contributed by atoms with Crippen molar-refractivity contribution in [2.75, 3.05) is 11.5 Å². The molecule has 2 aliphatic heterocycles. The highest BCUT2D eigenvalue weighted by Crippen LogP contribution is 2.48. The summed E-state index contributed by atoms with van der Waals surface area (Å²) in [4.78, 5) is 10.8. The summed E-state index contributed by atoms with van der Waals surface area (Å²) in [5.41, 5.74) is 0.690. The van der Waals surface area contributed by atoms with Crippen LogP contribution in [0.15, 0.2) is 29.2 Å². The van der Waals surface area contributed by atoms with Crippen molar-refractivity contribution in [1.29, 1.82) is 0 Å². The number of benzene rings is 1. The molecular formula is C12H13NO4S2. The SMILES string of the molecule is O=C(O)[C@H]1CSC2(CCS(=O)(=O)c3ccccc32)N1. The normalized spacial score (nSPS) is 32.1. The largest absolute Gasteiger partial charge is 0.480 e. The number of nitrogens with one attached hydrogen (secondary N) is 1. The molecule has 1 unspecified atom stereocenters. The Morgan fingerprint density at radius 1 is 1.42 bits per heavy atom. The lowest BCUT2D eigenvalue weighted by Crippen LogP contribution is -2.46. The van der Waals surface area contributed by atoms with E-state index >= 15 is 0 Å². The van der Waals surface area contributed by atoms with E-state index in [4.69, 9.17) is 5.11 Å². The Labute approximate surface area is 115 Å². The lowest BCUT2D eigenvalue weighted by Gasteiger charge is -2.35. The van der Waals surface area contributed by atoms with E-state index in [-0.39, 0.29) is 5.75 Å². The van der Waals surface area contributed by atoms with Crippen molar-refractivity contribution >= 4 is 27.6 Å². The lowest BCUT2D eigenvalue weighted by atomic mass is 10.0. The molecule has 7 heteroatoms. The van der Waals surface area contributed by atoms with Gasteiger partial charge in [-0.1, -0.05) is 18.2 Å². The van der Waals surface area contributed by atoms with Crippen molar-refractivity contribution in [3.63, 3.8) is 0 Å². The van der Waals surface area contributed by atoms with E-state index in [0.717, 1.165) is 0 Å². The average Bonchev–Trinajstić information content (AvgIpc) is 2.81. The van der Waals surface area contributed by atoms with Crippen molar-refractivity contribution in [3.8, 4) is 0 Å². The van der Waals surface area contributed by atoms with Crippen molar-refractivity contribution in [2.24, 2.45) is 0 Å². The topological polar surface area (TPSA) is 83.5 Å². The van der Waals surface area contributed by atoms with Gasteiger partial charge in [-0.25, -0.2) is 8.42 Å². The first-order valence-electron chi connectivity index (χ1n) is 5.91. The molecule has 5 nitrogen and oxygen atoms in total. The molecule has 1 aromatic rings. The fourth-order valence-corrected chi connectivity index (χ4v) is 5.95. The number of carboxylic acids is 1. The summed E-state index contributed by atoms with van der Waals surface area (Å²) in [6, 6.07) is 6.23. The third-order valence-corrected chi connectivity index (χ3v) is 6.88. The molecular weight excluding hydrogens is 286 g/mol. The molecule has 1 aromatic carbocycles. The minimum Gasteiger partial charge on any atom is -0.480 e. The van der Waals surface area contributed by atoms with Gasteiger partial charge in [0.05, 0.1) is 15.5 Å². The molecule has 0 aromatic heterocycles. The van der Waals surface area contributed by atoms with E-state index < -0.39 is 26.7 Å². The van der Waals surface area contributed by atoms with Gasteiger partial charge in [-0.05, 0) is 12.5 Å². The van der Waals surface area contributed by atoms with Crippen LogP contribution >= 0.6 is 11.8 Å². The van der Waals surface area contributed by atoms with Gasteiger partial charge in [0.1, 0.15) is 6.04 Å². The van der Waals surface area contributed by atoms with Crippen LogP contribution in [0.4, 0.5) is 0 Å².